The summed E-state index contributed by atoms with van der Waals surface area (Å²) in [5.74, 6) is 0. The molecule has 18 heavy (non-hydrogen) atoms. The minimum atomic E-state index is 0.277. The fourth-order valence-corrected chi connectivity index (χ4v) is 2.89. The fourth-order valence-electron chi connectivity index (χ4n) is 1.86. The van der Waals surface area contributed by atoms with Crippen LogP contribution in [0.3, 0.4) is 0 Å². The maximum atomic E-state index is 5.96. The van der Waals surface area contributed by atoms with Gasteiger partial charge >= 0.3 is 0 Å². The number of benzene rings is 2. The van der Waals surface area contributed by atoms with Crippen molar-refractivity contribution in [3.8, 4) is 0 Å². The summed E-state index contributed by atoms with van der Waals surface area (Å²) in [6, 6.07) is 14.7. The van der Waals surface area contributed by atoms with Crippen molar-refractivity contribution in [3.05, 3.63) is 62.2 Å². The molecule has 0 saturated carbocycles. The van der Waals surface area contributed by atoms with E-state index in [-0.39, 0.29) is 6.04 Å². The third-order valence-electron chi connectivity index (χ3n) is 2.85. The number of rotatable bonds is 3. The number of hydrogen-bond acceptors (Lipinski definition) is 1. The minimum absolute atomic E-state index is 0.277. The van der Waals surface area contributed by atoms with Crippen molar-refractivity contribution in [2.45, 2.75) is 19.9 Å². The number of nitrogens with one attached hydrogen (secondary N) is 1. The molecule has 0 amide bonds. The summed E-state index contributed by atoms with van der Waals surface area (Å²) in [4.78, 5) is 0. The van der Waals surface area contributed by atoms with Gasteiger partial charge in [0.05, 0.1) is 0 Å². The van der Waals surface area contributed by atoms with Crippen LogP contribution in [0.5, 0.6) is 0 Å². The molecule has 94 valence electrons. The lowest BCUT2D eigenvalue weighted by Crippen LogP contribution is -2.07. The number of anilines is 1. The fraction of sp³-hybridized carbons (Fsp3) is 0.200. The van der Waals surface area contributed by atoms with E-state index in [1.165, 1.54) is 11.1 Å². The first kappa shape index (κ1) is 13.7. The molecule has 0 aliphatic heterocycles. The van der Waals surface area contributed by atoms with Crippen LogP contribution >= 0.6 is 34.2 Å². The maximum Gasteiger partial charge on any atom is 0.0486 e. The van der Waals surface area contributed by atoms with Crippen molar-refractivity contribution >= 4 is 39.9 Å². The van der Waals surface area contributed by atoms with Gasteiger partial charge in [-0.1, -0.05) is 41.4 Å². The maximum absolute atomic E-state index is 5.96. The molecule has 2 rings (SSSR count). The molecule has 2 aromatic rings. The third kappa shape index (κ3) is 3.39. The molecule has 3 heteroatoms. The Labute approximate surface area is 127 Å². The van der Waals surface area contributed by atoms with Crippen LogP contribution in [0.25, 0.3) is 0 Å². The zero-order chi connectivity index (χ0) is 13.1. The van der Waals surface area contributed by atoms with Gasteiger partial charge in [-0.15, -0.1) is 0 Å². The van der Waals surface area contributed by atoms with E-state index in [0.29, 0.717) is 0 Å². The molecule has 1 atom stereocenters. The van der Waals surface area contributed by atoms with E-state index in [4.69, 9.17) is 11.6 Å². The highest BCUT2D eigenvalue weighted by Crippen LogP contribution is 2.26. The quantitative estimate of drug-likeness (QED) is 0.710. The van der Waals surface area contributed by atoms with E-state index in [0.717, 1.165) is 14.3 Å². The van der Waals surface area contributed by atoms with E-state index in [1.54, 1.807) is 0 Å². The minimum Gasteiger partial charge on any atom is -0.378 e. The Morgan fingerprint density at radius 1 is 1.17 bits per heavy atom. The van der Waals surface area contributed by atoms with E-state index < -0.39 is 0 Å². The largest absolute Gasteiger partial charge is 0.378 e. The predicted molar refractivity (Wildman–Crippen MR) is 87.4 cm³/mol. The summed E-state index contributed by atoms with van der Waals surface area (Å²) in [6.07, 6.45) is 0. The first-order valence-corrected chi connectivity index (χ1v) is 7.30. The van der Waals surface area contributed by atoms with Gasteiger partial charge in [-0.25, -0.2) is 0 Å². The van der Waals surface area contributed by atoms with Crippen molar-refractivity contribution in [1.82, 2.24) is 0 Å². The topological polar surface area (TPSA) is 12.0 Å². The van der Waals surface area contributed by atoms with Crippen molar-refractivity contribution < 1.29 is 0 Å². The first-order valence-electron chi connectivity index (χ1n) is 5.84. The summed E-state index contributed by atoms with van der Waals surface area (Å²) in [5.41, 5.74) is 3.70. The van der Waals surface area contributed by atoms with Gasteiger partial charge in [0.15, 0.2) is 0 Å². The summed E-state index contributed by atoms with van der Waals surface area (Å²) in [7, 11) is 0. The van der Waals surface area contributed by atoms with Crippen LogP contribution in [0.15, 0.2) is 42.5 Å². The van der Waals surface area contributed by atoms with Crippen molar-refractivity contribution in [3.63, 3.8) is 0 Å². The smallest absolute Gasteiger partial charge is 0.0486 e. The number of halogens is 2. The van der Waals surface area contributed by atoms with Crippen LogP contribution in [0, 0.1) is 10.5 Å². The van der Waals surface area contributed by atoms with E-state index in [2.05, 4.69) is 66.0 Å². The molecule has 0 aromatic heterocycles. The van der Waals surface area contributed by atoms with E-state index in [9.17, 15) is 0 Å². The summed E-state index contributed by atoms with van der Waals surface area (Å²) in [6.45, 7) is 4.28. The van der Waals surface area contributed by atoms with Gasteiger partial charge in [-0.3, -0.25) is 0 Å². The van der Waals surface area contributed by atoms with Crippen LogP contribution < -0.4 is 5.32 Å². The second kappa shape index (κ2) is 5.93. The third-order valence-corrected chi connectivity index (χ3v) is 3.97. The Morgan fingerprint density at radius 3 is 2.61 bits per heavy atom. The molecule has 0 aliphatic carbocycles. The zero-order valence-corrected chi connectivity index (χ0v) is 13.3. The van der Waals surface area contributed by atoms with Crippen molar-refractivity contribution in [1.29, 1.82) is 0 Å². The van der Waals surface area contributed by atoms with Crippen LogP contribution in [-0.4, -0.2) is 0 Å². The number of aryl methyl sites for hydroxylation is 1. The second-order valence-corrected chi connectivity index (χ2v) is 6.00. The molecular formula is C15H15ClIN. The normalized spacial score (nSPS) is 12.2. The summed E-state index contributed by atoms with van der Waals surface area (Å²) < 4.78 is 1.14. The lowest BCUT2D eigenvalue weighted by Gasteiger charge is -2.17. The SMILES string of the molecule is Cc1cccc(C(C)Nc2ccc(Cl)cc2I)c1. The summed E-state index contributed by atoms with van der Waals surface area (Å²) in [5, 5.41) is 4.29. The Balaban J connectivity index is 2.18. The Bertz CT molecular complexity index is 554. The van der Waals surface area contributed by atoms with Crippen LogP contribution in [0.4, 0.5) is 5.69 Å². The van der Waals surface area contributed by atoms with Crippen LogP contribution in [0.1, 0.15) is 24.1 Å². The molecule has 0 bridgehead atoms. The second-order valence-electron chi connectivity index (χ2n) is 4.40. The van der Waals surface area contributed by atoms with Gasteiger partial charge in [0, 0.05) is 20.3 Å². The van der Waals surface area contributed by atoms with Gasteiger partial charge in [0.2, 0.25) is 0 Å². The lowest BCUT2D eigenvalue weighted by atomic mass is 10.1. The van der Waals surface area contributed by atoms with E-state index in [1.807, 2.05) is 18.2 Å². The Kier molecular flexibility index (Phi) is 4.51. The highest BCUT2D eigenvalue weighted by atomic mass is 127. The highest BCUT2D eigenvalue weighted by molar-refractivity contribution is 14.1. The Morgan fingerprint density at radius 2 is 1.94 bits per heavy atom. The molecule has 0 spiro atoms. The van der Waals surface area contributed by atoms with Crippen molar-refractivity contribution in [2.75, 3.05) is 5.32 Å². The zero-order valence-electron chi connectivity index (χ0n) is 10.4. The molecule has 1 nitrogen and oxygen atoms in total. The average molecular weight is 372 g/mol. The highest BCUT2D eigenvalue weighted by Gasteiger charge is 2.07. The molecule has 1 N–H and O–H groups in total. The van der Waals surface area contributed by atoms with Gasteiger partial charge in [-0.2, -0.15) is 0 Å². The van der Waals surface area contributed by atoms with Crippen LogP contribution in [0.2, 0.25) is 5.02 Å². The molecule has 0 heterocycles. The number of hydrogen-bond donors (Lipinski definition) is 1. The molecular weight excluding hydrogens is 357 g/mol. The molecule has 0 radical (unpaired) electrons. The molecule has 0 aliphatic rings. The van der Waals surface area contributed by atoms with Crippen molar-refractivity contribution in [2.24, 2.45) is 0 Å². The van der Waals surface area contributed by atoms with E-state index >= 15 is 0 Å². The van der Waals surface area contributed by atoms with Gasteiger partial charge in [0.1, 0.15) is 0 Å². The lowest BCUT2D eigenvalue weighted by molar-refractivity contribution is 0.881. The summed E-state index contributed by atoms with van der Waals surface area (Å²) >= 11 is 8.26. The first-order chi connectivity index (χ1) is 8.56. The predicted octanol–water partition coefficient (Wildman–Crippen LogP) is 5.43. The molecule has 0 saturated heterocycles. The Hall–Kier alpha value is -0.740. The monoisotopic (exact) mass is 371 g/mol. The van der Waals surface area contributed by atoms with Gasteiger partial charge in [0.25, 0.3) is 0 Å². The molecule has 1 unspecified atom stereocenters. The molecule has 2 aromatic carbocycles. The van der Waals surface area contributed by atoms with Crippen LogP contribution in [-0.2, 0) is 0 Å². The van der Waals surface area contributed by atoms with Gasteiger partial charge < -0.3 is 5.32 Å². The van der Waals surface area contributed by atoms with Gasteiger partial charge in [-0.05, 0) is 60.2 Å². The average Bonchev–Trinajstić information content (AvgIpc) is 2.32. The standard InChI is InChI=1S/C15H15ClIN/c1-10-4-3-5-12(8-10)11(2)18-15-7-6-13(16)9-14(15)17/h3-9,11,18H,1-2H3. The molecule has 0 fully saturated rings.